The molecule has 0 aliphatic rings. The molecule has 0 unspecified atom stereocenters. The molecule has 0 saturated carbocycles. The SMILES string of the molecule is COc1ccc(NC(=O)N[C@@H](Cn2ccnc2)C(C)(C)C)c(C(F)(F)F)c1. The largest absolute Gasteiger partial charge is 0.497 e. The third-order valence-electron chi connectivity index (χ3n) is 4.08. The topological polar surface area (TPSA) is 68.2 Å². The van der Waals surface area contributed by atoms with Gasteiger partial charge in [0.2, 0.25) is 0 Å². The molecule has 1 aromatic heterocycles. The lowest BCUT2D eigenvalue weighted by Crippen LogP contribution is -2.48. The molecule has 2 aromatic rings. The first kappa shape index (κ1) is 20.6. The molecule has 1 atom stereocenters. The number of alkyl halides is 3. The van der Waals surface area contributed by atoms with Crippen LogP contribution in [0.1, 0.15) is 26.3 Å². The average Bonchev–Trinajstić information content (AvgIpc) is 3.06. The van der Waals surface area contributed by atoms with E-state index in [9.17, 15) is 18.0 Å². The molecule has 0 bridgehead atoms. The van der Waals surface area contributed by atoms with Gasteiger partial charge in [-0.15, -0.1) is 0 Å². The average molecular weight is 384 g/mol. The fraction of sp³-hybridized carbons (Fsp3) is 0.444. The Bertz CT molecular complexity index is 768. The number of methoxy groups -OCH3 is 1. The van der Waals surface area contributed by atoms with Crippen molar-refractivity contribution in [1.82, 2.24) is 14.9 Å². The summed E-state index contributed by atoms with van der Waals surface area (Å²) in [5.74, 6) is 0.0564. The number of benzene rings is 1. The maximum absolute atomic E-state index is 13.3. The van der Waals surface area contributed by atoms with Crippen LogP contribution in [-0.4, -0.2) is 28.7 Å². The Morgan fingerprint density at radius 3 is 2.52 bits per heavy atom. The maximum Gasteiger partial charge on any atom is 0.418 e. The fourth-order valence-corrected chi connectivity index (χ4v) is 2.45. The summed E-state index contributed by atoms with van der Waals surface area (Å²) < 4.78 is 46.5. The van der Waals surface area contributed by atoms with Crippen LogP contribution < -0.4 is 15.4 Å². The van der Waals surface area contributed by atoms with Crippen molar-refractivity contribution in [3.8, 4) is 5.75 Å². The number of amides is 2. The number of carbonyl (C=O) groups is 1. The van der Waals surface area contributed by atoms with Crippen LogP contribution in [0.4, 0.5) is 23.7 Å². The lowest BCUT2D eigenvalue weighted by molar-refractivity contribution is -0.137. The van der Waals surface area contributed by atoms with Gasteiger partial charge in [-0.2, -0.15) is 13.2 Å². The molecule has 27 heavy (non-hydrogen) atoms. The smallest absolute Gasteiger partial charge is 0.418 e. The summed E-state index contributed by atoms with van der Waals surface area (Å²) in [7, 11) is 1.28. The van der Waals surface area contributed by atoms with Gasteiger partial charge >= 0.3 is 12.2 Å². The van der Waals surface area contributed by atoms with Crippen molar-refractivity contribution in [2.24, 2.45) is 5.41 Å². The number of nitrogens with one attached hydrogen (secondary N) is 2. The molecule has 0 fully saturated rings. The number of rotatable bonds is 5. The second kappa shape index (κ2) is 7.89. The lowest BCUT2D eigenvalue weighted by atomic mass is 9.86. The summed E-state index contributed by atoms with van der Waals surface area (Å²) in [6.45, 7) is 6.24. The summed E-state index contributed by atoms with van der Waals surface area (Å²) in [5.41, 5.74) is -1.64. The van der Waals surface area contributed by atoms with Crippen LogP contribution in [0.25, 0.3) is 0 Å². The first-order valence-corrected chi connectivity index (χ1v) is 8.29. The molecule has 0 aliphatic carbocycles. The van der Waals surface area contributed by atoms with Gasteiger partial charge in [-0.3, -0.25) is 0 Å². The van der Waals surface area contributed by atoms with Gasteiger partial charge in [0, 0.05) is 18.9 Å². The Morgan fingerprint density at radius 1 is 1.30 bits per heavy atom. The molecule has 0 spiro atoms. The highest BCUT2D eigenvalue weighted by molar-refractivity contribution is 5.90. The van der Waals surface area contributed by atoms with Crippen LogP contribution >= 0.6 is 0 Å². The van der Waals surface area contributed by atoms with Crippen molar-refractivity contribution in [3.05, 3.63) is 42.5 Å². The minimum Gasteiger partial charge on any atom is -0.497 e. The molecule has 2 amide bonds. The number of hydrogen-bond acceptors (Lipinski definition) is 3. The fourth-order valence-electron chi connectivity index (χ4n) is 2.45. The van der Waals surface area contributed by atoms with Crippen molar-refractivity contribution in [2.45, 2.75) is 39.5 Å². The molecule has 1 aromatic carbocycles. The number of halogens is 3. The number of carbonyl (C=O) groups excluding carboxylic acids is 1. The number of ether oxygens (including phenoxy) is 1. The minimum absolute atomic E-state index is 0.0564. The van der Waals surface area contributed by atoms with Gasteiger partial charge in [-0.1, -0.05) is 20.8 Å². The molecular weight excluding hydrogens is 361 g/mol. The minimum atomic E-state index is -4.63. The van der Waals surface area contributed by atoms with Crippen molar-refractivity contribution in [1.29, 1.82) is 0 Å². The highest BCUT2D eigenvalue weighted by Crippen LogP contribution is 2.37. The molecule has 2 N–H and O–H groups in total. The Labute approximate surface area is 155 Å². The van der Waals surface area contributed by atoms with E-state index in [1.165, 1.54) is 19.2 Å². The Kier molecular flexibility index (Phi) is 6.02. The van der Waals surface area contributed by atoms with E-state index in [-0.39, 0.29) is 22.9 Å². The van der Waals surface area contributed by atoms with Crippen molar-refractivity contribution in [2.75, 3.05) is 12.4 Å². The first-order chi connectivity index (χ1) is 12.5. The number of anilines is 1. The van der Waals surface area contributed by atoms with Crippen LogP contribution in [0.5, 0.6) is 5.75 Å². The predicted octanol–water partition coefficient (Wildman–Crippen LogP) is 4.15. The molecule has 9 heteroatoms. The first-order valence-electron chi connectivity index (χ1n) is 8.29. The van der Waals surface area contributed by atoms with Gasteiger partial charge in [0.05, 0.1) is 30.7 Å². The van der Waals surface area contributed by atoms with Gasteiger partial charge in [-0.25, -0.2) is 9.78 Å². The van der Waals surface area contributed by atoms with Gasteiger partial charge in [0.1, 0.15) is 5.75 Å². The predicted molar refractivity (Wildman–Crippen MR) is 95.6 cm³/mol. The Balaban J connectivity index is 2.18. The van der Waals surface area contributed by atoms with E-state index >= 15 is 0 Å². The second-order valence-electron chi connectivity index (χ2n) is 7.19. The third kappa shape index (κ3) is 5.63. The third-order valence-corrected chi connectivity index (χ3v) is 4.08. The molecule has 148 valence electrons. The van der Waals surface area contributed by atoms with Gasteiger partial charge in [0.15, 0.2) is 0 Å². The zero-order valence-electron chi connectivity index (χ0n) is 15.6. The molecule has 6 nitrogen and oxygen atoms in total. The van der Waals surface area contributed by atoms with E-state index in [0.717, 1.165) is 6.07 Å². The summed E-state index contributed by atoms with van der Waals surface area (Å²) in [4.78, 5) is 16.3. The van der Waals surface area contributed by atoms with E-state index in [4.69, 9.17) is 4.74 Å². The van der Waals surface area contributed by atoms with Gasteiger partial charge < -0.3 is 19.9 Å². The Hall–Kier alpha value is -2.71. The monoisotopic (exact) mass is 384 g/mol. The zero-order chi connectivity index (χ0) is 20.2. The van der Waals surface area contributed by atoms with Gasteiger partial charge in [0.25, 0.3) is 0 Å². The normalized spacial score (nSPS) is 13.1. The molecule has 2 rings (SSSR count). The number of urea groups is 1. The number of imidazole rings is 1. The standard InChI is InChI=1S/C18H23F3N4O2/c1-17(2,3)15(10-25-8-7-22-11-25)24-16(26)23-14-6-5-12(27-4)9-13(14)18(19,20)21/h5-9,11,15H,10H2,1-4H3,(H2,23,24,26)/t15-/m0/s1. The van der Waals surface area contributed by atoms with Crippen molar-refractivity contribution < 1.29 is 22.7 Å². The van der Waals surface area contributed by atoms with E-state index in [2.05, 4.69) is 15.6 Å². The maximum atomic E-state index is 13.3. The van der Waals surface area contributed by atoms with E-state index in [1.807, 2.05) is 20.8 Å². The highest BCUT2D eigenvalue weighted by atomic mass is 19.4. The van der Waals surface area contributed by atoms with Crippen LogP contribution in [0, 0.1) is 5.41 Å². The quantitative estimate of drug-likeness (QED) is 0.814. The van der Waals surface area contributed by atoms with E-state index < -0.39 is 17.8 Å². The number of nitrogens with zero attached hydrogens (tertiary/aromatic N) is 2. The van der Waals surface area contributed by atoms with E-state index in [1.54, 1.807) is 23.3 Å². The molecule has 0 saturated heterocycles. The van der Waals surface area contributed by atoms with Gasteiger partial charge in [-0.05, 0) is 23.6 Å². The molecular formula is C18H23F3N4O2. The second-order valence-corrected chi connectivity index (χ2v) is 7.19. The summed E-state index contributed by atoms with van der Waals surface area (Å²) >= 11 is 0. The lowest BCUT2D eigenvalue weighted by Gasteiger charge is -2.32. The summed E-state index contributed by atoms with van der Waals surface area (Å²) in [6, 6.07) is 2.33. The van der Waals surface area contributed by atoms with Crippen molar-refractivity contribution >= 4 is 11.7 Å². The highest BCUT2D eigenvalue weighted by Gasteiger charge is 2.35. The number of hydrogen-bond donors (Lipinski definition) is 2. The van der Waals surface area contributed by atoms with Crippen LogP contribution in [-0.2, 0) is 12.7 Å². The van der Waals surface area contributed by atoms with Crippen molar-refractivity contribution in [3.63, 3.8) is 0 Å². The number of aromatic nitrogens is 2. The molecule has 0 aliphatic heterocycles. The summed E-state index contributed by atoms with van der Waals surface area (Å²) in [6.07, 6.45) is 0.358. The van der Waals surface area contributed by atoms with E-state index in [0.29, 0.717) is 6.54 Å². The zero-order valence-corrected chi connectivity index (χ0v) is 15.6. The van der Waals surface area contributed by atoms with Crippen LogP contribution in [0.2, 0.25) is 0 Å². The van der Waals surface area contributed by atoms with Crippen LogP contribution in [0.15, 0.2) is 36.9 Å². The molecule has 0 radical (unpaired) electrons. The molecule has 1 heterocycles. The summed E-state index contributed by atoms with van der Waals surface area (Å²) in [5, 5.41) is 5.05. The Morgan fingerprint density at radius 2 is 2.00 bits per heavy atom. The van der Waals surface area contributed by atoms with Crippen LogP contribution in [0.3, 0.4) is 0 Å².